The van der Waals surface area contributed by atoms with E-state index in [1.54, 1.807) is 12.1 Å². The van der Waals surface area contributed by atoms with E-state index in [0.717, 1.165) is 5.39 Å². The van der Waals surface area contributed by atoms with Gasteiger partial charge in [0.05, 0.1) is 5.69 Å². The van der Waals surface area contributed by atoms with E-state index in [0.29, 0.717) is 22.7 Å². The SMILES string of the molecule is Nc1ccc2ccc(-c3ccc(O)c(O)c3)nc2n1. The molecule has 3 aromatic rings. The molecule has 0 spiro atoms. The van der Waals surface area contributed by atoms with Crippen LogP contribution in [-0.2, 0) is 0 Å². The summed E-state index contributed by atoms with van der Waals surface area (Å²) in [6.45, 7) is 0. The first kappa shape index (κ1) is 11.3. The molecule has 0 fully saturated rings. The van der Waals surface area contributed by atoms with Crippen LogP contribution in [0.3, 0.4) is 0 Å². The number of pyridine rings is 2. The zero-order valence-corrected chi connectivity index (χ0v) is 9.91. The molecule has 3 rings (SSSR count). The van der Waals surface area contributed by atoms with Crippen molar-refractivity contribution in [3.63, 3.8) is 0 Å². The summed E-state index contributed by atoms with van der Waals surface area (Å²) in [6, 6.07) is 11.8. The van der Waals surface area contributed by atoms with Gasteiger partial charge in [-0.2, -0.15) is 0 Å². The van der Waals surface area contributed by atoms with E-state index in [-0.39, 0.29) is 11.5 Å². The minimum absolute atomic E-state index is 0.160. The highest BCUT2D eigenvalue weighted by molar-refractivity contribution is 5.79. The van der Waals surface area contributed by atoms with Crippen LogP contribution >= 0.6 is 0 Å². The van der Waals surface area contributed by atoms with Gasteiger partial charge in [0.15, 0.2) is 17.1 Å². The van der Waals surface area contributed by atoms with Gasteiger partial charge in [-0.3, -0.25) is 0 Å². The van der Waals surface area contributed by atoms with Crippen molar-refractivity contribution in [3.05, 3.63) is 42.5 Å². The van der Waals surface area contributed by atoms with Gasteiger partial charge in [-0.05, 0) is 42.5 Å². The zero-order valence-electron chi connectivity index (χ0n) is 9.91. The second kappa shape index (κ2) is 4.13. The lowest BCUT2D eigenvalue weighted by molar-refractivity contribution is 0.404. The Morgan fingerprint density at radius 2 is 1.63 bits per heavy atom. The molecule has 0 amide bonds. The Labute approximate surface area is 109 Å². The van der Waals surface area contributed by atoms with Gasteiger partial charge in [-0.25, -0.2) is 9.97 Å². The molecule has 0 unspecified atom stereocenters. The van der Waals surface area contributed by atoms with Crippen LogP contribution in [0.5, 0.6) is 11.5 Å². The minimum Gasteiger partial charge on any atom is -0.504 e. The maximum absolute atomic E-state index is 9.51. The van der Waals surface area contributed by atoms with E-state index >= 15 is 0 Å². The lowest BCUT2D eigenvalue weighted by Gasteiger charge is -2.05. The van der Waals surface area contributed by atoms with E-state index < -0.39 is 0 Å². The monoisotopic (exact) mass is 253 g/mol. The van der Waals surface area contributed by atoms with Crippen molar-refractivity contribution >= 4 is 16.9 Å². The highest BCUT2D eigenvalue weighted by Gasteiger charge is 2.06. The Bertz CT molecular complexity index is 772. The molecular formula is C14H11N3O2. The van der Waals surface area contributed by atoms with Crippen LogP contribution in [0.25, 0.3) is 22.3 Å². The number of nitrogens with zero attached hydrogens (tertiary/aromatic N) is 2. The molecule has 0 saturated heterocycles. The number of nitrogen functional groups attached to an aromatic ring is 1. The van der Waals surface area contributed by atoms with E-state index in [2.05, 4.69) is 9.97 Å². The second-order valence-electron chi connectivity index (χ2n) is 4.18. The van der Waals surface area contributed by atoms with Crippen molar-refractivity contribution < 1.29 is 10.2 Å². The largest absolute Gasteiger partial charge is 0.504 e. The normalized spacial score (nSPS) is 10.7. The highest BCUT2D eigenvalue weighted by atomic mass is 16.3. The van der Waals surface area contributed by atoms with Crippen LogP contribution in [0.15, 0.2) is 42.5 Å². The maximum atomic E-state index is 9.51. The Kier molecular flexibility index (Phi) is 2.45. The number of aromatic nitrogens is 2. The summed E-state index contributed by atoms with van der Waals surface area (Å²) in [5.74, 6) is 0.0672. The van der Waals surface area contributed by atoms with Crippen LogP contribution in [0.2, 0.25) is 0 Å². The average molecular weight is 253 g/mol. The number of hydrogen-bond acceptors (Lipinski definition) is 5. The summed E-state index contributed by atoms with van der Waals surface area (Å²) < 4.78 is 0. The van der Waals surface area contributed by atoms with Gasteiger partial charge in [0, 0.05) is 10.9 Å². The Morgan fingerprint density at radius 3 is 2.42 bits per heavy atom. The molecule has 2 heterocycles. The third-order valence-electron chi connectivity index (χ3n) is 2.85. The van der Waals surface area contributed by atoms with Crippen LogP contribution in [-0.4, -0.2) is 20.2 Å². The summed E-state index contributed by atoms with van der Waals surface area (Å²) in [5, 5.41) is 19.7. The molecule has 1 aromatic carbocycles. The second-order valence-corrected chi connectivity index (χ2v) is 4.18. The van der Waals surface area contributed by atoms with Gasteiger partial charge in [0.25, 0.3) is 0 Å². The topological polar surface area (TPSA) is 92.3 Å². The molecule has 4 N–H and O–H groups in total. The zero-order chi connectivity index (χ0) is 13.4. The number of aromatic hydroxyl groups is 2. The number of benzene rings is 1. The lowest BCUT2D eigenvalue weighted by Crippen LogP contribution is -1.93. The van der Waals surface area contributed by atoms with Crippen molar-refractivity contribution in [2.45, 2.75) is 0 Å². The first-order chi connectivity index (χ1) is 9.13. The van der Waals surface area contributed by atoms with Gasteiger partial charge in [0.1, 0.15) is 5.82 Å². The number of phenols is 2. The molecule has 5 nitrogen and oxygen atoms in total. The van der Waals surface area contributed by atoms with Crippen LogP contribution < -0.4 is 5.73 Å². The van der Waals surface area contributed by atoms with Crippen LogP contribution in [0, 0.1) is 0 Å². The standard InChI is InChI=1S/C14H11N3O2/c15-13-6-3-8-1-4-10(16-14(8)17-13)9-2-5-11(18)12(19)7-9/h1-7,18-19H,(H2,15,16,17). The molecule has 19 heavy (non-hydrogen) atoms. The highest BCUT2D eigenvalue weighted by Crippen LogP contribution is 2.30. The van der Waals surface area contributed by atoms with Crippen molar-refractivity contribution in [1.29, 1.82) is 0 Å². The molecular weight excluding hydrogens is 242 g/mol. The summed E-state index contributed by atoms with van der Waals surface area (Å²) in [7, 11) is 0. The molecule has 0 aliphatic carbocycles. The average Bonchev–Trinajstić information content (AvgIpc) is 2.41. The Hall–Kier alpha value is -2.82. The molecule has 94 valence electrons. The van der Waals surface area contributed by atoms with Crippen molar-refractivity contribution in [2.24, 2.45) is 0 Å². The van der Waals surface area contributed by atoms with Gasteiger partial charge in [-0.1, -0.05) is 0 Å². The number of hydrogen-bond donors (Lipinski definition) is 3. The number of fused-ring (bicyclic) bond motifs is 1. The fourth-order valence-corrected chi connectivity index (χ4v) is 1.86. The predicted molar refractivity (Wildman–Crippen MR) is 72.7 cm³/mol. The first-order valence-corrected chi connectivity index (χ1v) is 5.69. The summed E-state index contributed by atoms with van der Waals surface area (Å²) in [4.78, 5) is 8.55. The molecule has 5 heteroatoms. The van der Waals surface area contributed by atoms with Crippen LogP contribution in [0.4, 0.5) is 5.82 Å². The quantitative estimate of drug-likeness (QED) is 0.579. The third kappa shape index (κ3) is 2.01. The van der Waals surface area contributed by atoms with E-state index in [1.807, 2.05) is 18.2 Å². The predicted octanol–water partition coefficient (Wildman–Crippen LogP) is 2.29. The Morgan fingerprint density at radius 1 is 0.842 bits per heavy atom. The molecule has 0 atom stereocenters. The van der Waals surface area contributed by atoms with Crippen molar-refractivity contribution in [1.82, 2.24) is 9.97 Å². The summed E-state index contributed by atoms with van der Waals surface area (Å²) in [5.41, 5.74) is 7.53. The fraction of sp³-hybridized carbons (Fsp3) is 0. The third-order valence-corrected chi connectivity index (χ3v) is 2.85. The molecule has 0 bridgehead atoms. The van der Waals surface area contributed by atoms with Crippen molar-refractivity contribution in [2.75, 3.05) is 5.73 Å². The summed E-state index contributed by atoms with van der Waals surface area (Å²) >= 11 is 0. The van der Waals surface area contributed by atoms with E-state index in [4.69, 9.17) is 5.73 Å². The number of rotatable bonds is 1. The molecule has 2 aromatic heterocycles. The first-order valence-electron chi connectivity index (χ1n) is 5.69. The lowest BCUT2D eigenvalue weighted by atomic mass is 10.1. The number of anilines is 1. The molecule has 0 aliphatic heterocycles. The maximum Gasteiger partial charge on any atom is 0.162 e. The Balaban J connectivity index is 2.16. The van der Waals surface area contributed by atoms with Gasteiger partial charge in [-0.15, -0.1) is 0 Å². The van der Waals surface area contributed by atoms with E-state index in [9.17, 15) is 10.2 Å². The number of nitrogens with two attached hydrogens (primary N) is 1. The van der Waals surface area contributed by atoms with E-state index in [1.165, 1.54) is 12.1 Å². The molecule has 0 saturated carbocycles. The van der Waals surface area contributed by atoms with Gasteiger partial charge >= 0.3 is 0 Å². The number of phenolic OH excluding ortho intramolecular Hbond substituents is 2. The van der Waals surface area contributed by atoms with Crippen molar-refractivity contribution in [3.8, 4) is 22.8 Å². The smallest absolute Gasteiger partial charge is 0.162 e. The minimum atomic E-state index is -0.181. The molecule has 0 aliphatic rings. The van der Waals surface area contributed by atoms with Gasteiger partial charge in [0.2, 0.25) is 0 Å². The van der Waals surface area contributed by atoms with Crippen LogP contribution in [0.1, 0.15) is 0 Å². The van der Waals surface area contributed by atoms with Gasteiger partial charge < -0.3 is 15.9 Å². The fourth-order valence-electron chi connectivity index (χ4n) is 1.86. The molecule has 0 radical (unpaired) electrons. The summed E-state index contributed by atoms with van der Waals surface area (Å²) in [6.07, 6.45) is 0.